The largest absolute Gasteiger partial charge is 0.381 e. The van der Waals surface area contributed by atoms with Gasteiger partial charge in [0.15, 0.2) is 0 Å². The second-order valence-electron chi connectivity index (χ2n) is 10.3. The Hall–Kier alpha value is -2.34. The molecule has 2 amide bonds. The molecular formula is C28H39N3O3. The number of benzene rings is 1. The average Bonchev–Trinajstić information content (AvgIpc) is 3.14. The maximum absolute atomic E-state index is 13.4. The third-order valence-electron chi connectivity index (χ3n) is 8.44. The van der Waals surface area contributed by atoms with Gasteiger partial charge in [0.05, 0.1) is 6.54 Å². The summed E-state index contributed by atoms with van der Waals surface area (Å²) in [6.07, 6.45) is 9.71. The van der Waals surface area contributed by atoms with Crippen LogP contribution in [-0.2, 0) is 22.4 Å². The molecule has 34 heavy (non-hydrogen) atoms. The summed E-state index contributed by atoms with van der Waals surface area (Å²) in [5.74, 6) is 1.30. The van der Waals surface area contributed by atoms with Crippen molar-refractivity contribution in [2.45, 2.75) is 71.3 Å². The molecule has 1 unspecified atom stereocenters. The van der Waals surface area contributed by atoms with Crippen molar-refractivity contribution in [3.8, 4) is 0 Å². The van der Waals surface area contributed by atoms with Crippen LogP contribution in [0.25, 0.3) is 10.9 Å². The molecule has 184 valence electrons. The van der Waals surface area contributed by atoms with E-state index in [0.717, 1.165) is 32.0 Å². The molecule has 1 saturated heterocycles. The highest BCUT2D eigenvalue weighted by Gasteiger charge is 2.34. The molecule has 1 aliphatic heterocycles. The smallest absolute Gasteiger partial charge is 0.254 e. The fraction of sp³-hybridized carbons (Fsp3) is 0.643. The molecule has 2 aliphatic carbocycles. The minimum absolute atomic E-state index is 0.0578. The van der Waals surface area contributed by atoms with E-state index >= 15 is 0 Å². The van der Waals surface area contributed by atoms with E-state index in [1.165, 1.54) is 60.7 Å². The monoisotopic (exact) mass is 465 g/mol. The summed E-state index contributed by atoms with van der Waals surface area (Å²) in [7, 11) is 0. The van der Waals surface area contributed by atoms with Gasteiger partial charge in [0.1, 0.15) is 0 Å². The third-order valence-corrected chi connectivity index (χ3v) is 8.44. The maximum Gasteiger partial charge on any atom is 0.254 e. The summed E-state index contributed by atoms with van der Waals surface area (Å²) >= 11 is 0. The van der Waals surface area contributed by atoms with E-state index in [9.17, 15) is 9.59 Å². The average molecular weight is 466 g/mol. The molecule has 6 nitrogen and oxygen atoms in total. The number of amides is 2. The fourth-order valence-electron chi connectivity index (χ4n) is 6.34. The molecule has 1 atom stereocenters. The van der Waals surface area contributed by atoms with Crippen molar-refractivity contribution >= 4 is 22.7 Å². The Morgan fingerprint density at radius 3 is 2.56 bits per heavy atom. The zero-order valence-corrected chi connectivity index (χ0v) is 20.8. The van der Waals surface area contributed by atoms with Gasteiger partial charge in [-0.1, -0.05) is 0 Å². The molecule has 0 radical (unpaired) electrons. The van der Waals surface area contributed by atoms with Crippen LogP contribution < -0.4 is 5.32 Å². The Kier molecular flexibility index (Phi) is 6.96. The van der Waals surface area contributed by atoms with Crippen molar-refractivity contribution in [1.82, 2.24) is 14.8 Å². The normalized spacial score (nSPS) is 21.2. The number of hydrogen-bond donors (Lipinski definition) is 1. The van der Waals surface area contributed by atoms with E-state index < -0.39 is 0 Å². The third kappa shape index (κ3) is 4.37. The van der Waals surface area contributed by atoms with E-state index in [1.54, 1.807) is 4.90 Å². The molecular weight excluding hydrogens is 426 g/mol. The first-order valence-electron chi connectivity index (χ1n) is 13.4. The molecule has 1 aromatic heterocycles. The van der Waals surface area contributed by atoms with E-state index in [-0.39, 0.29) is 18.4 Å². The number of nitrogens with zero attached hydrogens (tertiary/aromatic N) is 2. The van der Waals surface area contributed by atoms with Crippen molar-refractivity contribution in [3.05, 3.63) is 35.0 Å². The first-order chi connectivity index (χ1) is 16.6. The number of fused-ring (bicyclic) bond motifs is 3. The molecule has 3 aliphatic rings. The first-order valence-corrected chi connectivity index (χ1v) is 13.4. The van der Waals surface area contributed by atoms with Crippen LogP contribution >= 0.6 is 0 Å². The molecule has 0 bridgehead atoms. The number of nitrogens with one attached hydrogen (secondary N) is 1. The van der Waals surface area contributed by atoms with Crippen molar-refractivity contribution in [3.63, 3.8) is 0 Å². The molecule has 6 heteroatoms. The molecule has 1 aromatic carbocycles. The summed E-state index contributed by atoms with van der Waals surface area (Å²) in [6.45, 7) is 6.82. The van der Waals surface area contributed by atoms with Gasteiger partial charge in [-0.2, -0.15) is 0 Å². The van der Waals surface area contributed by atoms with Crippen LogP contribution in [0.15, 0.2) is 18.2 Å². The Morgan fingerprint density at radius 1 is 1.09 bits per heavy atom. The lowest BCUT2D eigenvalue weighted by atomic mass is 9.75. The van der Waals surface area contributed by atoms with Gasteiger partial charge in [0, 0.05) is 54.5 Å². The summed E-state index contributed by atoms with van der Waals surface area (Å²) in [5, 5.41) is 4.07. The predicted octanol–water partition coefficient (Wildman–Crippen LogP) is 4.50. The van der Waals surface area contributed by atoms with Crippen LogP contribution in [0.4, 0.5) is 0 Å². The number of rotatable bonds is 7. The van der Waals surface area contributed by atoms with Crippen LogP contribution in [0.5, 0.6) is 0 Å². The minimum atomic E-state index is -0.105. The topological polar surface area (TPSA) is 63.6 Å². The van der Waals surface area contributed by atoms with Crippen LogP contribution in [0.1, 0.15) is 80.0 Å². The Bertz CT molecular complexity index is 1050. The van der Waals surface area contributed by atoms with E-state index in [4.69, 9.17) is 4.74 Å². The Labute approximate surface area is 203 Å². The number of aromatic nitrogens is 1. The fourth-order valence-corrected chi connectivity index (χ4v) is 6.34. The SMILES string of the molecule is CCNC(=O)CN(CC)C(=O)c1ccc2c(c1)c1c(n2C2CCC2)CCC(C2CCOCC2)C1. The number of carbonyl (C=O) groups excluding carboxylic acids is 2. The lowest BCUT2D eigenvalue weighted by Crippen LogP contribution is -2.40. The number of likely N-dealkylation sites (N-methyl/N-ethyl adjacent to an activating group) is 2. The van der Waals surface area contributed by atoms with Gasteiger partial charge in [0.25, 0.3) is 5.91 Å². The molecule has 1 N–H and O–H groups in total. The molecule has 0 spiro atoms. The summed E-state index contributed by atoms with van der Waals surface area (Å²) < 4.78 is 8.25. The summed E-state index contributed by atoms with van der Waals surface area (Å²) in [4.78, 5) is 27.2. The van der Waals surface area contributed by atoms with Gasteiger partial charge in [-0.25, -0.2) is 0 Å². The van der Waals surface area contributed by atoms with Gasteiger partial charge in [-0.05, 0) is 101 Å². The molecule has 2 fully saturated rings. The van der Waals surface area contributed by atoms with Crippen LogP contribution in [0, 0.1) is 11.8 Å². The molecule has 5 rings (SSSR count). The Morgan fingerprint density at radius 2 is 1.88 bits per heavy atom. The van der Waals surface area contributed by atoms with E-state index in [0.29, 0.717) is 30.6 Å². The highest BCUT2D eigenvalue weighted by molar-refractivity contribution is 6.00. The van der Waals surface area contributed by atoms with Crippen LogP contribution in [0.2, 0.25) is 0 Å². The van der Waals surface area contributed by atoms with Crippen molar-refractivity contribution in [2.75, 3.05) is 32.8 Å². The first kappa shape index (κ1) is 23.4. The van der Waals surface area contributed by atoms with Gasteiger partial charge in [-0.3, -0.25) is 9.59 Å². The lowest BCUT2D eigenvalue weighted by Gasteiger charge is -2.35. The standard InChI is InChI=1S/C28H39N3O3/c1-3-29-27(32)18-30(4-2)28(33)21-9-11-26-24(17-21)23-16-20(19-12-14-34-15-13-19)8-10-25(23)31(26)22-6-5-7-22/h9,11,17,19-20,22H,3-8,10,12-16,18H2,1-2H3,(H,29,32). The Balaban J connectivity index is 1.48. The highest BCUT2D eigenvalue weighted by Crippen LogP contribution is 2.44. The molecule has 1 saturated carbocycles. The van der Waals surface area contributed by atoms with Crippen LogP contribution in [-0.4, -0.2) is 54.1 Å². The van der Waals surface area contributed by atoms with Gasteiger partial charge < -0.3 is 19.5 Å². The van der Waals surface area contributed by atoms with Crippen molar-refractivity contribution in [2.24, 2.45) is 11.8 Å². The quantitative estimate of drug-likeness (QED) is 0.655. The van der Waals surface area contributed by atoms with Gasteiger partial charge >= 0.3 is 0 Å². The predicted molar refractivity (Wildman–Crippen MR) is 134 cm³/mol. The summed E-state index contributed by atoms with van der Waals surface area (Å²) in [6, 6.07) is 6.88. The van der Waals surface area contributed by atoms with Gasteiger partial charge in [-0.15, -0.1) is 0 Å². The van der Waals surface area contributed by atoms with E-state index in [1.807, 2.05) is 19.9 Å². The van der Waals surface area contributed by atoms with Crippen LogP contribution in [0.3, 0.4) is 0 Å². The maximum atomic E-state index is 13.4. The van der Waals surface area contributed by atoms with Crippen molar-refractivity contribution in [1.29, 1.82) is 0 Å². The molecule has 2 aromatic rings. The highest BCUT2D eigenvalue weighted by atomic mass is 16.5. The minimum Gasteiger partial charge on any atom is -0.381 e. The van der Waals surface area contributed by atoms with E-state index in [2.05, 4.69) is 22.0 Å². The summed E-state index contributed by atoms with van der Waals surface area (Å²) in [5.41, 5.74) is 4.99. The lowest BCUT2D eigenvalue weighted by molar-refractivity contribution is -0.121. The number of hydrogen-bond acceptors (Lipinski definition) is 3. The second kappa shape index (κ2) is 10.1. The van der Waals surface area contributed by atoms with Gasteiger partial charge in [0.2, 0.25) is 5.91 Å². The zero-order chi connectivity index (χ0) is 23.7. The zero-order valence-electron chi connectivity index (χ0n) is 20.8. The second-order valence-corrected chi connectivity index (χ2v) is 10.3. The molecule has 2 heterocycles. The van der Waals surface area contributed by atoms with Crippen molar-refractivity contribution < 1.29 is 14.3 Å². The number of carbonyl (C=O) groups is 2. The number of ether oxygens (including phenoxy) is 1.